The Kier molecular flexibility index (Phi) is 10.7. The summed E-state index contributed by atoms with van der Waals surface area (Å²) in [6.07, 6.45) is 4.77. The number of sulfonamides is 1. The zero-order chi connectivity index (χ0) is 38.5. The van der Waals surface area contributed by atoms with E-state index in [1.807, 2.05) is 26.8 Å². The number of nitrogens with zero attached hydrogens (tertiary/aromatic N) is 1. The van der Waals surface area contributed by atoms with E-state index in [0.717, 1.165) is 31.2 Å². The van der Waals surface area contributed by atoms with Crippen LogP contribution in [0.1, 0.15) is 110 Å². The van der Waals surface area contributed by atoms with Crippen molar-refractivity contribution in [3.8, 4) is 0 Å². The first kappa shape index (κ1) is 39.0. The minimum Gasteiger partial charge on any atom is -0.460 e. The lowest BCUT2D eigenvalue weighted by molar-refractivity contribution is -0.154. The van der Waals surface area contributed by atoms with Gasteiger partial charge in [-0.1, -0.05) is 72.6 Å². The summed E-state index contributed by atoms with van der Waals surface area (Å²) < 4.78 is 39.4. The molecule has 3 aliphatic carbocycles. The van der Waals surface area contributed by atoms with E-state index in [-0.39, 0.29) is 37.3 Å². The summed E-state index contributed by atoms with van der Waals surface area (Å²) in [5.74, 6) is -3.09. The molecule has 0 radical (unpaired) electrons. The maximum Gasteiger partial charge on any atom is 0.407 e. The number of alkyl carbamates (subject to hydrolysis) is 1. The van der Waals surface area contributed by atoms with Crippen molar-refractivity contribution in [1.82, 2.24) is 20.3 Å². The van der Waals surface area contributed by atoms with Crippen molar-refractivity contribution in [2.75, 3.05) is 13.2 Å². The largest absolute Gasteiger partial charge is 0.460 e. The third-order valence-electron chi connectivity index (χ3n) is 11.8. The molecule has 14 heteroatoms. The molecular formula is C39H56N4O9S. The van der Waals surface area contributed by atoms with E-state index < -0.39 is 80.1 Å². The third kappa shape index (κ3) is 8.52. The zero-order valence-electron chi connectivity index (χ0n) is 31.9. The highest BCUT2D eigenvalue weighted by Gasteiger charge is 2.62. The Morgan fingerprint density at radius 1 is 1.06 bits per heavy atom. The summed E-state index contributed by atoms with van der Waals surface area (Å²) in [6, 6.07) is 3.93. The molecule has 3 N–H and O–H groups in total. The summed E-state index contributed by atoms with van der Waals surface area (Å²) in [5.41, 5.74) is 0.956. The lowest BCUT2D eigenvalue weighted by atomic mass is 9.85. The van der Waals surface area contributed by atoms with E-state index >= 15 is 0 Å². The average molecular weight is 757 g/mol. The minimum atomic E-state index is -3.87. The quantitative estimate of drug-likeness (QED) is 0.366. The number of carbonyl (C=O) groups is 5. The Balaban J connectivity index is 1.28. The van der Waals surface area contributed by atoms with Crippen molar-refractivity contribution in [2.45, 2.75) is 141 Å². The van der Waals surface area contributed by atoms with Crippen LogP contribution in [0.3, 0.4) is 0 Å². The summed E-state index contributed by atoms with van der Waals surface area (Å²) in [7, 11) is -3.87. The van der Waals surface area contributed by atoms with Crippen LogP contribution in [0.25, 0.3) is 0 Å². The highest BCUT2D eigenvalue weighted by molar-refractivity contribution is 7.91. The van der Waals surface area contributed by atoms with Gasteiger partial charge >= 0.3 is 12.1 Å². The molecule has 53 heavy (non-hydrogen) atoms. The Morgan fingerprint density at radius 3 is 2.43 bits per heavy atom. The molecule has 3 fully saturated rings. The van der Waals surface area contributed by atoms with Crippen LogP contribution in [0.5, 0.6) is 0 Å². The number of fused-ring (bicyclic) bond motifs is 3. The van der Waals surface area contributed by atoms with Gasteiger partial charge in [0.1, 0.15) is 23.7 Å². The Labute approximate surface area is 313 Å². The summed E-state index contributed by atoms with van der Waals surface area (Å²) >= 11 is 0. The van der Waals surface area contributed by atoms with Gasteiger partial charge in [0.25, 0.3) is 5.91 Å². The Morgan fingerprint density at radius 2 is 1.77 bits per heavy atom. The first-order chi connectivity index (χ1) is 24.8. The van der Waals surface area contributed by atoms with Crippen LogP contribution in [0.2, 0.25) is 0 Å². The second-order valence-corrected chi connectivity index (χ2v) is 19.8. The van der Waals surface area contributed by atoms with Gasteiger partial charge in [-0.2, -0.15) is 0 Å². The third-order valence-corrected chi connectivity index (χ3v) is 13.6. The van der Waals surface area contributed by atoms with E-state index in [9.17, 15) is 32.4 Å². The number of esters is 1. The van der Waals surface area contributed by atoms with Crippen LogP contribution in [-0.4, -0.2) is 85.2 Å². The standard InChI is InChI=1S/C39H56N4O9S/c1-7-26-20-39(26,35(47)42-53(49,50)28-14-15-28)41-32(44)30-19-27-21-43(30)33(45)31(37(2,3)4)40-36(48)51-22-38(5,6)16-9-8-11-23-12-10-13-24-17-25(18-29(23)24)34(46)52-27/h10,12-13,25-28,30-31H,7-9,11,14-22H2,1-6H3,(H,40,48)(H,41,44)(H,42,47)/t25?,26?,27?,30-,31?,39+/m0/s1. The second-order valence-electron chi connectivity index (χ2n) is 17.8. The number of ether oxygens (including phenoxy) is 2. The summed E-state index contributed by atoms with van der Waals surface area (Å²) in [5, 5.41) is 4.97. The molecule has 5 aliphatic rings. The fourth-order valence-electron chi connectivity index (χ4n) is 8.28. The lowest BCUT2D eigenvalue weighted by Crippen LogP contribution is -2.60. The molecule has 4 bridgehead atoms. The molecule has 0 aromatic heterocycles. The van der Waals surface area contributed by atoms with Crippen LogP contribution in [-0.2, 0) is 57.9 Å². The average Bonchev–Trinajstić information content (AvgIpc) is 3.97. The maximum atomic E-state index is 14.5. The van der Waals surface area contributed by atoms with E-state index in [2.05, 4.69) is 27.5 Å². The molecule has 13 nitrogen and oxygen atoms in total. The van der Waals surface area contributed by atoms with Crippen molar-refractivity contribution < 1.29 is 41.9 Å². The van der Waals surface area contributed by atoms with Crippen molar-refractivity contribution in [1.29, 1.82) is 0 Å². The Hall–Kier alpha value is -3.68. The number of nitrogens with one attached hydrogen (secondary N) is 3. The van der Waals surface area contributed by atoms with E-state index in [4.69, 9.17) is 9.47 Å². The number of cyclic esters (lactones) is 1. The van der Waals surface area contributed by atoms with Crippen molar-refractivity contribution in [3.63, 3.8) is 0 Å². The predicted molar refractivity (Wildman–Crippen MR) is 196 cm³/mol. The van der Waals surface area contributed by atoms with Crippen molar-refractivity contribution in [2.24, 2.45) is 22.7 Å². The number of rotatable bonds is 6. The number of hydrogen-bond donors (Lipinski definition) is 3. The van der Waals surface area contributed by atoms with Gasteiger partial charge in [-0.15, -0.1) is 0 Å². The molecule has 0 spiro atoms. The number of hydrogen-bond acceptors (Lipinski definition) is 9. The molecule has 292 valence electrons. The molecule has 1 saturated heterocycles. The van der Waals surface area contributed by atoms with E-state index in [0.29, 0.717) is 32.1 Å². The first-order valence-corrected chi connectivity index (χ1v) is 20.8. The highest BCUT2D eigenvalue weighted by atomic mass is 32.2. The number of amides is 4. The van der Waals surface area contributed by atoms with Crippen molar-refractivity contribution in [3.05, 3.63) is 34.9 Å². The van der Waals surface area contributed by atoms with Crippen molar-refractivity contribution >= 4 is 39.8 Å². The van der Waals surface area contributed by atoms with Gasteiger partial charge in [0.2, 0.25) is 21.8 Å². The predicted octanol–water partition coefficient (Wildman–Crippen LogP) is 3.70. The Bertz CT molecular complexity index is 1750. The van der Waals surface area contributed by atoms with Crippen LogP contribution < -0.4 is 15.4 Å². The zero-order valence-corrected chi connectivity index (χ0v) is 32.7. The van der Waals surface area contributed by atoms with Gasteiger partial charge in [0.05, 0.1) is 24.3 Å². The van der Waals surface area contributed by atoms with Gasteiger partial charge in [0.15, 0.2) is 0 Å². The number of aryl methyl sites for hydroxylation is 1. The highest BCUT2D eigenvalue weighted by Crippen LogP contribution is 2.47. The van der Waals surface area contributed by atoms with Gasteiger partial charge < -0.3 is 25.0 Å². The molecule has 4 unspecified atom stereocenters. The van der Waals surface area contributed by atoms with E-state index in [1.165, 1.54) is 16.0 Å². The van der Waals surface area contributed by atoms with Gasteiger partial charge in [-0.25, -0.2) is 13.2 Å². The molecule has 6 rings (SSSR count). The molecule has 2 heterocycles. The van der Waals surface area contributed by atoms with Gasteiger partial charge in [0, 0.05) is 6.42 Å². The van der Waals surface area contributed by atoms with Crippen LogP contribution in [0.4, 0.5) is 4.79 Å². The normalized spacial score (nSPS) is 30.8. The topological polar surface area (TPSA) is 177 Å². The number of carbonyl (C=O) groups excluding carboxylic acids is 5. The molecular weight excluding hydrogens is 701 g/mol. The summed E-state index contributed by atoms with van der Waals surface area (Å²) in [4.78, 5) is 70.6. The fourth-order valence-corrected chi connectivity index (χ4v) is 9.65. The monoisotopic (exact) mass is 756 g/mol. The lowest BCUT2D eigenvalue weighted by Gasteiger charge is -2.35. The molecule has 2 saturated carbocycles. The van der Waals surface area contributed by atoms with Gasteiger partial charge in [-0.05, 0) is 84.8 Å². The van der Waals surface area contributed by atoms with E-state index in [1.54, 1.807) is 20.8 Å². The smallest absolute Gasteiger partial charge is 0.407 e. The SMILES string of the molecule is CCC1C[C@]1(NC(=O)[C@@H]1CC2CN1C(=O)C(C(C)(C)C)NC(=O)OCC(C)(C)CCCCc1cccc3c1CC(C3)C(=O)O2)C(=O)NS(=O)(=O)C1CC1. The van der Waals surface area contributed by atoms with Crippen LogP contribution in [0.15, 0.2) is 18.2 Å². The van der Waals surface area contributed by atoms with Crippen LogP contribution in [0, 0.1) is 22.7 Å². The second kappa shape index (κ2) is 14.5. The molecule has 6 atom stereocenters. The summed E-state index contributed by atoms with van der Waals surface area (Å²) in [6.45, 7) is 11.4. The molecule has 2 aliphatic heterocycles. The maximum absolute atomic E-state index is 14.5. The van der Waals surface area contributed by atoms with Crippen LogP contribution >= 0.6 is 0 Å². The molecule has 1 aromatic carbocycles. The molecule has 1 aromatic rings. The fraction of sp³-hybridized carbons (Fsp3) is 0.718. The first-order valence-electron chi connectivity index (χ1n) is 19.3. The number of benzene rings is 1. The van der Waals surface area contributed by atoms with Gasteiger partial charge in [-0.3, -0.25) is 23.9 Å². The molecule has 4 amide bonds. The minimum absolute atomic E-state index is 0.0292.